The molecule has 1 fully saturated rings. The fraction of sp³-hybridized carbons (Fsp3) is 0.786. The quantitative estimate of drug-likeness (QED) is 0.364. The normalized spacial score (nSPS) is 25.6. The van der Waals surface area contributed by atoms with Crippen molar-refractivity contribution in [3.63, 3.8) is 0 Å². The number of ether oxygens (including phenoxy) is 7. The Hall–Kier alpha value is -1.38. The third-order valence-corrected chi connectivity index (χ3v) is 4.98. The molecule has 7 nitrogen and oxygen atoms in total. The summed E-state index contributed by atoms with van der Waals surface area (Å²) in [4.78, 5) is 0. The summed E-state index contributed by atoms with van der Waals surface area (Å²) in [6.07, 6.45) is -2.35. The van der Waals surface area contributed by atoms with Gasteiger partial charge in [-0.1, -0.05) is 0 Å². The molecule has 0 radical (unpaired) electrons. The Morgan fingerprint density at radius 3 is 1.74 bits per heavy atom. The molecule has 5 atom stereocenters. The highest BCUT2D eigenvalue weighted by Gasteiger charge is 2.51. The summed E-state index contributed by atoms with van der Waals surface area (Å²) in [5.41, 5.74) is -0.452. The van der Waals surface area contributed by atoms with Crippen LogP contribution in [0.3, 0.4) is 0 Å². The van der Waals surface area contributed by atoms with E-state index in [-0.39, 0.29) is 30.5 Å². The van der Waals surface area contributed by atoms with Gasteiger partial charge in [-0.05, 0) is 100 Å². The molecule has 1 aromatic rings. The molecule has 1 aliphatic rings. The van der Waals surface area contributed by atoms with Gasteiger partial charge in [0.05, 0.1) is 36.6 Å². The van der Waals surface area contributed by atoms with Crippen LogP contribution in [0.5, 0.6) is 11.5 Å². The molecule has 7 heteroatoms. The second-order valence-corrected chi connectivity index (χ2v) is 11.2. The van der Waals surface area contributed by atoms with Crippen molar-refractivity contribution >= 4 is 0 Å². The Morgan fingerprint density at radius 1 is 0.714 bits per heavy atom. The molecule has 0 amide bonds. The van der Waals surface area contributed by atoms with E-state index in [4.69, 9.17) is 33.2 Å². The van der Waals surface area contributed by atoms with Gasteiger partial charge in [0.15, 0.2) is 0 Å². The summed E-state index contributed by atoms with van der Waals surface area (Å²) >= 11 is 0. The van der Waals surface area contributed by atoms with Crippen LogP contribution >= 0.6 is 0 Å². The fourth-order valence-electron chi connectivity index (χ4n) is 3.88. The first kappa shape index (κ1) is 29.8. The molecule has 0 spiro atoms. The zero-order valence-corrected chi connectivity index (χ0v) is 23.6. The maximum atomic E-state index is 6.52. The highest BCUT2D eigenvalue weighted by atomic mass is 16.7. The summed E-state index contributed by atoms with van der Waals surface area (Å²) in [6.45, 7) is 22.5. The second-order valence-electron chi connectivity index (χ2n) is 11.2. The first-order chi connectivity index (χ1) is 16.2. The van der Waals surface area contributed by atoms with Crippen LogP contribution in [0.4, 0.5) is 0 Å². The summed E-state index contributed by atoms with van der Waals surface area (Å²) in [5, 5.41) is 0. The molecule has 0 bridgehead atoms. The lowest BCUT2D eigenvalue weighted by Crippen LogP contribution is -2.64. The second kappa shape index (κ2) is 13.2. The zero-order valence-electron chi connectivity index (χ0n) is 23.6. The van der Waals surface area contributed by atoms with E-state index in [1.54, 1.807) is 0 Å². The van der Waals surface area contributed by atoms with E-state index in [2.05, 4.69) is 0 Å². The van der Waals surface area contributed by atoms with E-state index in [0.29, 0.717) is 12.4 Å². The van der Waals surface area contributed by atoms with Crippen LogP contribution in [0.15, 0.2) is 24.3 Å². The summed E-state index contributed by atoms with van der Waals surface area (Å²) in [5.74, 6) is 1.44. The maximum Gasteiger partial charge on any atom is 0.229 e. The van der Waals surface area contributed by atoms with Gasteiger partial charge in [0, 0.05) is 0 Å². The molecule has 0 unspecified atom stereocenters. The Morgan fingerprint density at radius 2 is 1.26 bits per heavy atom. The molecule has 202 valence electrons. The van der Waals surface area contributed by atoms with Crippen molar-refractivity contribution in [2.45, 2.75) is 137 Å². The molecule has 0 N–H and O–H groups in total. The zero-order chi connectivity index (χ0) is 26.3. The van der Waals surface area contributed by atoms with Crippen molar-refractivity contribution in [3.8, 4) is 11.5 Å². The molecule has 35 heavy (non-hydrogen) atoms. The van der Waals surface area contributed by atoms with E-state index in [9.17, 15) is 0 Å². The molecule has 1 heterocycles. The molecule has 1 saturated heterocycles. The molecule has 0 saturated carbocycles. The van der Waals surface area contributed by atoms with Crippen molar-refractivity contribution in [3.05, 3.63) is 24.3 Å². The van der Waals surface area contributed by atoms with Gasteiger partial charge in [0.2, 0.25) is 6.29 Å². The lowest BCUT2D eigenvalue weighted by atomic mass is 9.96. The smallest absolute Gasteiger partial charge is 0.229 e. The van der Waals surface area contributed by atoms with Crippen molar-refractivity contribution in [1.82, 2.24) is 0 Å². The highest BCUT2D eigenvalue weighted by molar-refractivity contribution is 5.31. The standard InChI is InChI=1S/C28H48O7/c1-17(2)29-16-23-24(31-19(5)6)25(32-20(7)8)26(35-28(9,10)11)27(34-23)33-22-14-12-21(13-15-22)30-18(3)4/h12-15,17-20,23-27H,16H2,1-11H3/t23-,24-,25+,26-,27-/m1/s1. The van der Waals surface area contributed by atoms with Crippen molar-refractivity contribution in [2.75, 3.05) is 6.61 Å². The van der Waals surface area contributed by atoms with Gasteiger partial charge in [0.1, 0.15) is 35.9 Å². The Bertz CT molecular complexity index is 724. The summed E-state index contributed by atoms with van der Waals surface area (Å²) in [7, 11) is 0. The van der Waals surface area contributed by atoms with Crippen LogP contribution in [0.1, 0.15) is 76.2 Å². The molecule has 1 aliphatic heterocycles. The topological polar surface area (TPSA) is 64.6 Å². The average molecular weight is 497 g/mol. The van der Waals surface area contributed by atoms with Gasteiger partial charge in [-0.15, -0.1) is 0 Å². The van der Waals surface area contributed by atoms with Gasteiger partial charge in [-0.2, -0.15) is 0 Å². The molecular weight excluding hydrogens is 448 g/mol. The lowest BCUT2D eigenvalue weighted by Gasteiger charge is -2.48. The Labute approximate surface area is 212 Å². The van der Waals surface area contributed by atoms with Crippen LogP contribution in [0.25, 0.3) is 0 Å². The Balaban J connectivity index is 2.40. The van der Waals surface area contributed by atoms with Crippen LogP contribution in [0.2, 0.25) is 0 Å². The summed E-state index contributed by atoms with van der Waals surface area (Å²) < 4.78 is 43.9. The van der Waals surface area contributed by atoms with Crippen LogP contribution in [-0.4, -0.2) is 67.3 Å². The van der Waals surface area contributed by atoms with E-state index >= 15 is 0 Å². The predicted octanol–water partition coefficient (Wildman–Crippen LogP) is 5.77. The molecule has 0 aliphatic carbocycles. The highest BCUT2D eigenvalue weighted by Crippen LogP contribution is 2.34. The van der Waals surface area contributed by atoms with Gasteiger partial charge in [0.25, 0.3) is 0 Å². The van der Waals surface area contributed by atoms with Crippen molar-refractivity contribution in [1.29, 1.82) is 0 Å². The lowest BCUT2D eigenvalue weighted by molar-refractivity contribution is -0.325. The molecule has 1 aromatic carbocycles. The number of hydrogen-bond donors (Lipinski definition) is 0. The molecule has 2 rings (SSSR count). The largest absolute Gasteiger partial charge is 0.491 e. The molecule has 0 aromatic heterocycles. The minimum atomic E-state index is -0.720. The first-order valence-electron chi connectivity index (χ1n) is 12.9. The third kappa shape index (κ3) is 10.3. The molecular formula is C28H48O7. The van der Waals surface area contributed by atoms with Gasteiger partial charge < -0.3 is 33.2 Å². The third-order valence-electron chi connectivity index (χ3n) is 4.98. The van der Waals surface area contributed by atoms with Gasteiger partial charge in [-0.3, -0.25) is 0 Å². The SMILES string of the molecule is CC(C)OC[C@H]1O[C@@H](Oc2ccc(OC(C)C)cc2)[C@H](OC(C)(C)C)[C@@H](OC(C)C)[C@@H]1OC(C)C. The fourth-order valence-corrected chi connectivity index (χ4v) is 3.88. The summed E-state index contributed by atoms with van der Waals surface area (Å²) in [6, 6.07) is 7.54. The first-order valence-corrected chi connectivity index (χ1v) is 12.9. The Kier molecular flexibility index (Phi) is 11.3. The van der Waals surface area contributed by atoms with Crippen LogP contribution in [0, 0.1) is 0 Å². The van der Waals surface area contributed by atoms with Crippen LogP contribution < -0.4 is 9.47 Å². The minimum absolute atomic E-state index is 0.0235. The van der Waals surface area contributed by atoms with Crippen molar-refractivity contribution in [2.24, 2.45) is 0 Å². The van der Waals surface area contributed by atoms with Gasteiger partial charge >= 0.3 is 0 Å². The number of benzene rings is 1. The number of hydrogen-bond acceptors (Lipinski definition) is 7. The van der Waals surface area contributed by atoms with Crippen LogP contribution in [-0.2, 0) is 23.7 Å². The average Bonchev–Trinajstić information content (AvgIpc) is 2.70. The van der Waals surface area contributed by atoms with Crippen molar-refractivity contribution < 1.29 is 33.2 Å². The predicted molar refractivity (Wildman–Crippen MR) is 137 cm³/mol. The monoisotopic (exact) mass is 496 g/mol. The van der Waals surface area contributed by atoms with E-state index in [0.717, 1.165) is 5.75 Å². The minimum Gasteiger partial charge on any atom is -0.491 e. The van der Waals surface area contributed by atoms with E-state index < -0.39 is 30.2 Å². The maximum absolute atomic E-state index is 6.52. The van der Waals surface area contributed by atoms with E-state index in [1.807, 2.05) is 100 Å². The van der Waals surface area contributed by atoms with Gasteiger partial charge in [-0.25, -0.2) is 0 Å². The number of rotatable bonds is 12. The van der Waals surface area contributed by atoms with E-state index in [1.165, 1.54) is 0 Å².